The minimum atomic E-state index is -1.61. The summed E-state index contributed by atoms with van der Waals surface area (Å²) in [5.41, 5.74) is 8.86. The monoisotopic (exact) mass is 1120 g/mol. The molecular formula is C58H80N10O13. The molecule has 23 heteroatoms. The number of nitrogens with one attached hydrogen (secondary N) is 9. The van der Waals surface area contributed by atoms with E-state index in [1.807, 2.05) is 44.2 Å². The van der Waals surface area contributed by atoms with Crippen molar-refractivity contribution in [3.63, 3.8) is 0 Å². The molecule has 23 nitrogen and oxygen atoms in total. The maximum atomic E-state index is 14.6. The predicted molar refractivity (Wildman–Crippen MR) is 302 cm³/mol. The second-order valence-electron chi connectivity index (χ2n) is 21.5. The normalized spacial score (nSPS) is 14.7. The van der Waals surface area contributed by atoms with Gasteiger partial charge in [-0.05, 0) is 77.8 Å². The lowest BCUT2D eigenvalue weighted by atomic mass is 9.95. The van der Waals surface area contributed by atoms with Crippen LogP contribution in [0.3, 0.4) is 0 Å². The molecule has 14 N–H and O–H groups in total. The van der Waals surface area contributed by atoms with E-state index in [0.717, 1.165) is 5.56 Å². The van der Waals surface area contributed by atoms with Crippen molar-refractivity contribution >= 4 is 70.1 Å². The predicted octanol–water partition coefficient (Wildman–Crippen LogP) is 2.09. The number of rotatable bonds is 32. The average Bonchev–Trinajstić information content (AvgIpc) is 3.85. The molecule has 0 spiro atoms. The van der Waals surface area contributed by atoms with Gasteiger partial charge < -0.3 is 68.6 Å². The third kappa shape index (κ3) is 20.7. The number of amides is 8. The van der Waals surface area contributed by atoms with Gasteiger partial charge >= 0.3 is 11.9 Å². The maximum absolute atomic E-state index is 14.6. The van der Waals surface area contributed by atoms with E-state index in [0.29, 0.717) is 28.5 Å². The van der Waals surface area contributed by atoms with Gasteiger partial charge in [0.05, 0.1) is 12.6 Å². The van der Waals surface area contributed by atoms with Crippen molar-refractivity contribution in [2.24, 2.45) is 29.4 Å². The van der Waals surface area contributed by atoms with Crippen LogP contribution in [0, 0.1) is 23.7 Å². The molecule has 0 saturated heterocycles. The lowest BCUT2D eigenvalue weighted by Crippen LogP contribution is -2.61. The molecule has 0 bridgehead atoms. The molecule has 440 valence electrons. The molecule has 4 aromatic rings. The highest BCUT2D eigenvalue weighted by Crippen LogP contribution is 2.21. The summed E-state index contributed by atoms with van der Waals surface area (Å²) < 4.78 is 0. The summed E-state index contributed by atoms with van der Waals surface area (Å²) >= 11 is 0. The highest BCUT2D eigenvalue weighted by molar-refractivity contribution is 5.98. The van der Waals surface area contributed by atoms with Crippen molar-refractivity contribution in [1.82, 2.24) is 47.5 Å². The van der Waals surface area contributed by atoms with E-state index in [9.17, 15) is 63.3 Å². The number of aromatic hydroxyl groups is 1. The first-order valence-electron chi connectivity index (χ1n) is 27.2. The van der Waals surface area contributed by atoms with E-state index in [4.69, 9.17) is 5.73 Å². The molecule has 0 aliphatic rings. The second kappa shape index (κ2) is 31.5. The van der Waals surface area contributed by atoms with E-state index in [1.165, 1.54) is 24.3 Å². The number of aliphatic carboxylic acids is 2. The zero-order valence-electron chi connectivity index (χ0n) is 47.2. The van der Waals surface area contributed by atoms with Crippen LogP contribution in [0.4, 0.5) is 0 Å². The number of benzene rings is 3. The van der Waals surface area contributed by atoms with Gasteiger partial charge in [-0.25, -0.2) is 4.79 Å². The Hall–Kier alpha value is -8.34. The number of carbonyl (C=O) groups excluding carboxylic acids is 8. The van der Waals surface area contributed by atoms with Crippen molar-refractivity contribution in [2.45, 2.75) is 149 Å². The molecular weight excluding hydrogens is 1040 g/mol. The summed E-state index contributed by atoms with van der Waals surface area (Å²) in [6.45, 7) is 12.9. The van der Waals surface area contributed by atoms with E-state index in [-0.39, 0.29) is 37.4 Å². The van der Waals surface area contributed by atoms with E-state index in [2.05, 4.69) is 47.5 Å². The number of carboxylic acids is 2. The number of phenolic OH excluding ortho intramolecular Hbond substituents is 1. The number of para-hydroxylation sites is 1. The number of phenols is 1. The zero-order chi connectivity index (χ0) is 60.1. The van der Waals surface area contributed by atoms with Gasteiger partial charge in [-0.3, -0.25) is 43.2 Å². The van der Waals surface area contributed by atoms with Crippen LogP contribution >= 0.6 is 0 Å². The number of aromatic nitrogens is 1. The van der Waals surface area contributed by atoms with Crippen LogP contribution in [0.1, 0.15) is 97.8 Å². The van der Waals surface area contributed by atoms with Crippen LogP contribution in [-0.4, -0.2) is 134 Å². The van der Waals surface area contributed by atoms with Crippen molar-refractivity contribution < 1.29 is 63.3 Å². The Balaban J connectivity index is 1.58. The molecule has 1 heterocycles. The smallest absolute Gasteiger partial charge is 0.326 e. The first-order valence-corrected chi connectivity index (χ1v) is 27.2. The molecule has 0 aliphatic carbocycles. The van der Waals surface area contributed by atoms with Gasteiger partial charge in [0.25, 0.3) is 0 Å². The average molecular weight is 1130 g/mol. The number of carbonyl (C=O) groups is 10. The minimum absolute atomic E-state index is 0.0770. The minimum Gasteiger partial charge on any atom is -0.508 e. The molecule has 81 heavy (non-hydrogen) atoms. The fourth-order valence-corrected chi connectivity index (χ4v) is 8.86. The number of fused-ring (bicyclic) bond motifs is 1. The number of carboxylic acid groups (broad SMARTS) is 2. The van der Waals surface area contributed by atoms with Gasteiger partial charge in [-0.1, -0.05) is 122 Å². The summed E-state index contributed by atoms with van der Waals surface area (Å²) in [4.78, 5) is 139. The van der Waals surface area contributed by atoms with E-state index < -0.39 is 145 Å². The van der Waals surface area contributed by atoms with Gasteiger partial charge in [0, 0.05) is 36.4 Å². The second-order valence-corrected chi connectivity index (χ2v) is 21.5. The van der Waals surface area contributed by atoms with Crippen molar-refractivity contribution in [2.75, 3.05) is 6.54 Å². The highest BCUT2D eigenvalue weighted by Gasteiger charge is 2.36. The Morgan fingerprint density at radius 2 is 1.07 bits per heavy atom. The molecule has 0 radical (unpaired) electrons. The molecule has 0 aliphatic heterocycles. The first-order chi connectivity index (χ1) is 38.3. The molecule has 0 unspecified atom stereocenters. The van der Waals surface area contributed by atoms with Gasteiger partial charge in [-0.15, -0.1) is 0 Å². The fraction of sp³-hybridized carbons (Fsp3) is 0.483. The van der Waals surface area contributed by atoms with Crippen LogP contribution in [-0.2, 0) is 67.2 Å². The number of hydrogen-bond acceptors (Lipinski definition) is 12. The van der Waals surface area contributed by atoms with Crippen molar-refractivity contribution in [3.8, 4) is 5.75 Å². The Labute approximate surface area is 471 Å². The lowest BCUT2D eigenvalue weighted by molar-refractivity contribution is -0.144. The highest BCUT2D eigenvalue weighted by atomic mass is 16.4. The van der Waals surface area contributed by atoms with Crippen LogP contribution < -0.4 is 48.3 Å². The lowest BCUT2D eigenvalue weighted by Gasteiger charge is -2.29. The largest absolute Gasteiger partial charge is 0.508 e. The summed E-state index contributed by atoms with van der Waals surface area (Å²) in [7, 11) is 0. The quantitative estimate of drug-likeness (QED) is 0.0333. The fourth-order valence-electron chi connectivity index (χ4n) is 8.86. The third-order valence-electron chi connectivity index (χ3n) is 13.7. The van der Waals surface area contributed by atoms with Gasteiger partial charge in [0.1, 0.15) is 48.0 Å². The number of aromatic amines is 1. The maximum Gasteiger partial charge on any atom is 0.326 e. The standard InChI is InChI=1S/C58H80N10O13/c1-9-34(8)50(68-54(76)43(25-31(2)3)64-51(73)40(59)26-35-15-11-10-12-16-35)57(79)65-45(28-37-29-60-41-18-14-13-17-39(37)41)53(75)63-42(23-24-47(71)72)52(74)61-30-46(70)62-44(27-36-19-21-38(69)22-20-36)55(77)66-48(32(4)5)56(78)67-49(33(6)7)58(80)81/h10-22,29,31-34,40,42-45,48-50,60,69H,9,23-28,30,59H2,1-8H3,(H,61,74)(H,62,70)(H,63,75)(H,64,73)(H,65,79)(H,66,77)(H,67,78)(H,68,76)(H,71,72)(H,80,81)/t34-,40-,42-,43-,44-,45-,48-,49-,50-/m0/s1. The zero-order valence-corrected chi connectivity index (χ0v) is 47.2. The van der Waals surface area contributed by atoms with Crippen LogP contribution in [0.5, 0.6) is 5.75 Å². The Bertz CT molecular complexity index is 2800. The summed E-state index contributed by atoms with van der Waals surface area (Å²) in [6.07, 6.45) is 1.00. The van der Waals surface area contributed by atoms with Crippen LogP contribution in [0.2, 0.25) is 0 Å². The van der Waals surface area contributed by atoms with Crippen molar-refractivity contribution in [1.29, 1.82) is 0 Å². The Morgan fingerprint density at radius 3 is 1.68 bits per heavy atom. The third-order valence-corrected chi connectivity index (χ3v) is 13.7. The molecule has 9 atom stereocenters. The molecule has 1 aromatic heterocycles. The molecule has 0 fully saturated rings. The summed E-state index contributed by atoms with van der Waals surface area (Å²) in [6, 6.07) is 11.7. The van der Waals surface area contributed by atoms with Gasteiger partial charge in [0.2, 0.25) is 47.3 Å². The van der Waals surface area contributed by atoms with Crippen LogP contribution in [0.15, 0.2) is 85.1 Å². The topological polar surface area (TPSA) is 369 Å². The summed E-state index contributed by atoms with van der Waals surface area (Å²) in [5, 5.41) is 50.9. The van der Waals surface area contributed by atoms with Crippen LogP contribution in [0.25, 0.3) is 10.9 Å². The first kappa shape index (κ1) is 65.2. The number of hydrogen-bond donors (Lipinski definition) is 13. The van der Waals surface area contributed by atoms with E-state index >= 15 is 0 Å². The molecule has 3 aromatic carbocycles. The number of H-pyrrole nitrogens is 1. The van der Waals surface area contributed by atoms with Crippen molar-refractivity contribution in [3.05, 3.63) is 102 Å². The number of nitrogens with two attached hydrogens (primary N) is 1. The molecule has 0 saturated carbocycles. The van der Waals surface area contributed by atoms with E-state index in [1.54, 1.807) is 72.0 Å². The van der Waals surface area contributed by atoms with Gasteiger partial charge in [-0.2, -0.15) is 0 Å². The Kier molecular flexibility index (Phi) is 25.3. The Morgan fingerprint density at radius 1 is 0.543 bits per heavy atom. The SMILES string of the molecule is CC[C@H](C)[C@H](NC(=O)[C@H](CC(C)C)NC(=O)[C@@H](N)Cc1ccccc1)C(=O)N[C@@H](Cc1c[nH]c2ccccc12)C(=O)N[C@@H](CCC(=O)O)C(=O)NCC(=O)N[C@@H](Cc1ccc(O)cc1)C(=O)N[C@H](C(=O)N[C@H](C(=O)O)C(C)C)C(C)C. The molecule has 4 rings (SSSR count). The molecule has 8 amide bonds. The summed E-state index contributed by atoms with van der Waals surface area (Å²) in [5.74, 6) is -10.8. The van der Waals surface area contributed by atoms with Gasteiger partial charge in [0.15, 0.2) is 0 Å².